The molecule has 0 spiro atoms. The standard InChI is InChI=1S/C15H18N4O2S2/c1-19(2)23(20,21)14-8-5-7-12(10-14)18-15(22)17-11-13-6-3-4-9-16-13/h3-10H,11H2,1-2H3,(H2,17,18,22). The van der Waals surface area contributed by atoms with Crippen LogP contribution in [0, 0.1) is 0 Å². The van der Waals surface area contributed by atoms with Crippen LogP contribution in [0.2, 0.25) is 0 Å². The van der Waals surface area contributed by atoms with E-state index in [1.807, 2.05) is 18.2 Å². The third kappa shape index (κ3) is 4.72. The molecule has 0 bridgehead atoms. The predicted octanol–water partition coefficient (Wildman–Crippen LogP) is 1.82. The van der Waals surface area contributed by atoms with Crippen molar-refractivity contribution >= 4 is 33.0 Å². The topological polar surface area (TPSA) is 74.3 Å². The molecule has 0 aliphatic carbocycles. The summed E-state index contributed by atoms with van der Waals surface area (Å²) in [6, 6.07) is 12.1. The van der Waals surface area contributed by atoms with Crippen molar-refractivity contribution < 1.29 is 8.42 Å². The lowest BCUT2D eigenvalue weighted by Crippen LogP contribution is -2.28. The second-order valence-corrected chi connectivity index (χ2v) is 7.50. The molecule has 0 amide bonds. The van der Waals surface area contributed by atoms with Gasteiger partial charge in [-0.05, 0) is 42.5 Å². The van der Waals surface area contributed by atoms with Crippen molar-refractivity contribution in [3.8, 4) is 0 Å². The molecule has 8 heteroatoms. The van der Waals surface area contributed by atoms with Crippen molar-refractivity contribution in [1.29, 1.82) is 0 Å². The number of pyridine rings is 1. The maximum absolute atomic E-state index is 12.1. The Labute approximate surface area is 141 Å². The largest absolute Gasteiger partial charge is 0.357 e. The molecule has 1 aromatic carbocycles. The third-order valence-electron chi connectivity index (χ3n) is 3.03. The highest BCUT2D eigenvalue weighted by Gasteiger charge is 2.17. The molecule has 0 fully saturated rings. The number of benzene rings is 1. The number of nitrogens with one attached hydrogen (secondary N) is 2. The second-order valence-electron chi connectivity index (χ2n) is 4.94. The van der Waals surface area contributed by atoms with Crippen molar-refractivity contribution in [1.82, 2.24) is 14.6 Å². The summed E-state index contributed by atoms with van der Waals surface area (Å²) in [6.07, 6.45) is 1.71. The molecular formula is C15H18N4O2S2. The minimum atomic E-state index is -3.47. The fourth-order valence-corrected chi connectivity index (χ4v) is 2.93. The van der Waals surface area contributed by atoms with Crippen LogP contribution in [0.3, 0.4) is 0 Å². The molecule has 1 heterocycles. The SMILES string of the molecule is CN(C)S(=O)(=O)c1cccc(NC(=S)NCc2ccccn2)c1. The van der Waals surface area contributed by atoms with Crippen LogP contribution in [0.5, 0.6) is 0 Å². The quantitative estimate of drug-likeness (QED) is 0.802. The van der Waals surface area contributed by atoms with E-state index in [1.165, 1.54) is 18.4 Å². The Morgan fingerprint density at radius 2 is 2.00 bits per heavy atom. The molecule has 2 N–H and O–H groups in total. The maximum atomic E-state index is 12.1. The number of rotatable bonds is 5. The number of thiocarbonyl (C=S) groups is 1. The zero-order valence-corrected chi connectivity index (χ0v) is 14.5. The van der Waals surface area contributed by atoms with Gasteiger partial charge >= 0.3 is 0 Å². The first-order valence-electron chi connectivity index (χ1n) is 6.87. The molecule has 0 unspecified atom stereocenters. The summed E-state index contributed by atoms with van der Waals surface area (Å²) in [5, 5.41) is 6.40. The molecule has 0 saturated heterocycles. The molecule has 6 nitrogen and oxygen atoms in total. The molecule has 2 aromatic rings. The molecule has 122 valence electrons. The fourth-order valence-electron chi connectivity index (χ4n) is 1.79. The van der Waals surface area contributed by atoms with Gasteiger partial charge in [0.25, 0.3) is 0 Å². The van der Waals surface area contributed by atoms with Crippen LogP contribution in [0.4, 0.5) is 5.69 Å². The van der Waals surface area contributed by atoms with Gasteiger partial charge in [0.2, 0.25) is 10.0 Å². The van der Waals surface area contributed by atoms with Crippen LogP contribution in [-0.4, -0.2) is 36.9 Å². The van der Waals surface area contributed by atoms with Crippen molar-refractivity contribution in [2.24, 2.45) is 0 Å². The first-order valence-corrected chi connectivity index (χ1v) is 8.72. The van der Waals surface area contributed by atoms with Gasteiger partial charge in [-0.25, -0.2) is 12.7 Å². The van der Waals surface area contributed by atoms with E-state index in [2.05, 4.69) is 15.6 Å². The number of aromatic nitrogens is 1. The monoisotopic (exact) mass is 350 g/mol. The van der Waals surface area contributed by atoms with Gasteiger partial charge in [-0.2, -0.15) is 0 Å². The molecule has 2 rings (SSSR count). The maximum Gasteiger partial charge on any atom is 0.242 e. The van der Waals surface area contributed by atoms with E-state index >= 15 is 0 Å². The van der Waals surface area contributed by atoms with Crippen LogP contribution in [0.25, 0.3) is 0 Å². The van der Waals surface area contributed by atoms with Gasteiger partial charge in [0.05, 0.1) is 17.1 Å². The summed E-state index contributed by atoms with van der Waals surface area (Å²) in [4.78, 5) is 4.40. The zero-order valence-electron chi connectivity index (χ0n) is 12.9. The Morgan fingerprint density at radius 3 is 2.65 bits per heavy atom. The van der Waals surface area contributed by atoms with Gasteiger partial charge in [-0.3, -0.25) is 4.98 Å². The van der Waals surface area contributed by atoms with Gasteiger partial charge in [0, 0.05) is 26.0 Å². The van der Waals surface area contributed by atoms with Gasteiger partial charge in [-0.15, -0.1) is 0 Å². The van der Waals surface area contributed by atoms with Gasteiger partial charge in [0.1, 0.15) is 0 Å². The first kappa shape index (κ1) is 17.3. The highest BCUT2D eigenvalue weighted by atomic mass is 32.2. The van der Waals surface area contributed by atoms with E-state index in [9.17, 15) is 8.42 Å². The fraction of sp³-hybridized carbons (Fsp3) is 0.200. The summed E-state index contributed by atoms with van der Waals surface area (Å²) in [6.45, 7) is 0.488. The van der Waals surface area contributed by atoms with Crippen molar-refractivity contribution in [3.63, 3.8) is 0 Å². The minimum absolute atomic E-state index is 0.208. The Kier molecular flexibility index (Phi) is 5.64. The van der Waals surface area contributed by atoms with E-state index in [1.54, 1.807) is 30.5 Å². The van der Waals surface area contributed by atoms with Crippen LogP contribution < -0.4 is 10.6 Å². The first-order chi connectivity index (χ1) is 10.9. The number of hydrogen-bond acceptors (Lipinski definition) is 4. The Bertz CT molecular complexity index is 777. The number of nitrogens with zero attached hydrogens (tertiary/aromatic N) is 2. The van der Waals surface area contributed by atoms with E-state index in [0.717, 1.165) is 5.69 Å². The molecular weight excluding hydrogens is 332 g/mol. The van der Waals surface area contributed by atoms with E-state index in [4.69, 9.17) is 12.2 Å². The molecule has 0 atom stereocenters. The molecule has 0 aliphatic rings. The van der Waals surface area contributed by atoms with Crippen LogP contribution >= 0.6 is 12.2 Å². The van der Waals surface area contributed by atoms with Crippen LogP contribution in [0.15, 0.2) is 53.6 Å². The average molecular weight is 350 g/mol. The minimum Gasteiger partial charge on any atom is -0.357 e. The van der Waals surface area contributed by atoms with Gasteiger partial charge in [0.15, 0.2) is 5.11 Å². The molecule has 0 radical (unpaired) electrons. The lowest BCUT2D eigenvalue weighted by molar-refractivity contribution is 0.521. The Hall–Kier alpha value is -2.03. The molecule has 0 aliphatic heterocycles. The highest BCUT2D eigenvalue weighted by Crippen LogP contribution is 2.17. The molecule has 1 aromatic heterocycles. The number of hydrogen-bond donors (Lipinski definition) is 2. The highest BCUT2D eigenvalue weighted by molar-refractivity contribution is 7.89. The molecule has 0 saturated carbocycles. The van der Waals surface area contributed by atoms with E-state index in [0.29, 0.717) is 17.3 Å². The van der Waals surface area contributed by atoms with E-state index in [-0.39, 0.29) is 4.90 Å². The van der Waals surface area contributed by atoms with Gasteiger partial charge in [-0.1, -0.05) is 12.1 Å². The Balaban J connectivity index is 2.02. The normalized spacial score (nSPS) is 11.3. The van der Waals surface area contributed by atoms with Crippen LogP contribution in [-0.2, 0) is 16.6 Å². The zero-order chi connectivity index (χ0) is 16.9. The predicted molar refractivity (Wildman–Crippen MR) is 94.6 cm³/mol. The van der Waals surface area contributed by atoms with E-state index < -0.39 is 10.0 Å². The summed E-state index contributed by atoms with van der Waals surface area (Å²) >= 11 is 5.21. The van der Waals surface area contributed by atoms with Crippen molar-refractivity contribution in [2.75, 3.05) is 19.4 Å². The average Bonchev–Trinajstić information content (AvgIpc) is 2.54. The summed E-state index contributed by atoms with van der Waals surface area (Å²) in [5.41, 5.74) is 1.46. The lowest BCUT2D eigenvalue weighted by atomic mass is 10.3. The molecule has 23 heavy (non-hydrogen) atoms. The Morgan fingerprint density at radius 1 is 1.22 bits per heavy atom. The third-order valence-corrected chi connectivity index (χ3v) is 5.08. The second kappa shape index (κ2) is 7.49. The van der Waals surface area contributed by atoms with Gasteiger partial charge < -0.3 is 10.6 Å². The summed E-state index contributed by atoms with van der Waals surface area (Å²) in [5.74, 6) is 0. The van der Waals surface area contributed by atoms with Crippen molar-refractivity contribution in [2.45, 2.75) is 11.4 Å². The van der Waals surface area contributed by atoms with Crippen molar-refractivity contribution in [3.05, 3.63) is 54.4 Å². The summed E-state index contributed by atoms with van der Waals surface area (Å²) < 4.78 is 25.4. The lowest BCUT2D eigenvalue weighted by Gasteiger charge is -2.14. The smallest absolute Gasteiger partial charge is 0.242 e. The van der Waals surface area contributed by atoms with Crippen LogP contribution in [0.1, 0.15) is 5.69 Å². The number of anilines is 1. The summed E-state index contributed by atoms with van der Waals surface area (Å²) in [7, 11) is -0.482. The number of sulfonamides is 1.